The Balaban J connectivity index is 3.05. The zero-order chi connectivity index (χ0) is 15.9. The number of hydrogen-bond acceptors (Lipinski definition) is 5. The Hall–Kier alpha value is -1.18. The summed E-state index contributed by atoms with van der Waals surface area (Å²) in [5.41, 5.74) is 0. The van der Waals surface area contributed by atoms with Crippen LogP contribution in [0.5, 0.6) is 0 Å². The topological polar surface area (TPSA) is 71.5 Å². The number of nitrogens with one attached hydrogen (secondary N) is 1. The fourth-order valence-corrected chi connectivity index (χ4v) is 3.74. The van der Waals surface area contributed by atoms with Crippen LogP contribution in [0.3, 0.4) is 0 Å². The van der Waals surface area contributed by atoms with Crippen molar-refractivity contribution in [3.63, 3.8) is 0 Å². The quantitative estimate of drug-likeness (QED) is 0.754. The number of ether oxygens (including phenoxy) is 1. The molecule has 1 unspecified atom stereocenters. The number of sulfonamides is 1. The van der Waals surface area contributed by atoms with Gasteiger partial charge in [0.25, 0.3) is 0 Å². The maximum atomic E-state index is 12.7. The van der Waals surface area contributed by atoms with Crippen LogP contribution in [0.4, 0.5) is 5.82 Å². The summed E-state index contributed by atoms with van der Waals surface area (Å²) in [5.74, 6) is 0.577. The molecule has 0 fully saturated rings. The van der Waals surface area contributed by atoms with Crippen molar-refractivity contribution in [2.45, 2.75) is 38.1 Å². The number of anilines is 1. The van der Waals surface area contributed by atoms with E-state index in [4.69, 9.17) is 4.74 Å². The third-order valence-electron chi connectivity index (χ3n) is 3.11. The molecule has 0 bridgehead atoms. The second-order valence-corrected chi connectivity index (χ2v) is 6.71. The van der Waals surface area contributed by atoms with Crippen LogP contribution in [-0.2, 0) is 14.8 Å². The number of methoxy groups -OCH3 is 1. The Morgan fingerprint density at radius 3 is 2.71 bits per heavy atom. The molecule has 0 aliphatic rings. The normalized spacial score (nSPS) is 13.4. The minimum atomic E-state index is -3.55. The Kier molecular flexibility index (Phi) is 7.07. The van der Waals surface area contributed by atoms with Crippen molar-refractivity contribution in [1.82, 2.24) is 9.29 Å². The van der Waals surface area contributed by atoms with Crippen LogP contribution in [-0.4, -0.2) is 50.6 Å². The van der Waals surface area contributed by atoms with Crippen LogP contribution < -0.4 is 5.32 Å². The zero-order valence-corrected chi connectivity index (χ0v) is 14.0. The van der Waals surface area contributed by atoms with E-state index in [0.29, 0.717) is 19.0 Å². The number of nitrogens with zero attached hydrogens (tertiary/aromatic N) is 2. The molecule has 1 atom stereocenters. The molecule has 6 nitrogen and oxygen atoms in total. The molecule has 1 N–H and O–H groups in total. The maximum Gasteiger partial charge on any atom is 0.243 e. The molecule has 0 aromatic carbocycles. The molecule has 21 heavy (non-hydrogen) atoms. The van der Waals surface area contributed by atoms with Crippen molar-refractivity contribution in [3.05, 3.63) is 18.3 Å². The molecule has 0 spiro atoms. The van der Waals surface area contributed by atoms with Crippen molar-refractivity contribution in [3.8, 4) is 0 Å². The van der Waals surface area contributed by atoms with E-state index in [0.717, 1.165) is 13.0 Å². The van der Waals surface area contributed by atoms with Crippen LogP contribution in [0, 0.1) is 0 Å². The van der Waals surface area contributed by atoms with Crippen LogP contribution >= 0.6 is 0 Å². The largest absolute Gasteiger partial charge is 0.383 e. The van der Waals surface area contributed by atoms with E-state index in [1.165, 1.54) is 16.6 Å². The summed E-state index contributed by atoms with van der Waals surface area (Å²) in [5, 5.41) is 3.10. The van der Waals surface area contributed by atoms with Gasteiger partial charge in [-0.05, 0) is 19.4 Å². The molecule has 1 aromatic heterocycles. The first-order valence-corrected chi connectivity index (χ1v) is 8.62. The lowest BCUT2D eigenvalue weighted by atomic mass is 10.4. The van der Waals surface area contributed by atoms with Crippen molar-refractivity contribution >= 4 is 15.8 Å². The Morgan fingerprint density at radius 1 is 1.43 bits per heavy atom. The first kappa shape index (κ1) is 17.9. The highest BCUT2D eigenvalue weighted by Gasteiger charge is 2.27. The molecule has 0 radical (unpaired) electrons. The SMILES string of the molecule is CCCNc1cc(S(=O)(=O)N(CC)C(C)COC)ccn1. The average molecular weight is 315 g/mol. The minimum absolute atomic E-state index is 0.217. The second-order valence-electron chi connectivity index (χ2n) is 4.82. The molecule has 1 heterocycles. The first-order chi connectivity index (χ1) is 9.97. The first-order valence-electron chi connectivity index (χ1n) is 7.18. The highest BCUT2D eigenvalue weighted by molar-refractivity contribution is 7.89. The molecule has 0 aliphatic heterocycles. The Morgan fingerprint density at radius 2 is 2.14 bits per heavy atom. The number of aromatic nitrogens is 1. The smallest absolute Gasteiger partial charge is 0.243 e. The average Bonchev–Trinajstić information content (AvgIpc) is 2.46. The molecule has 1 rings (SSSR count). The van der Waals surface area contributed by atoms with Gasteiger partial charge in [0.05, 0.1) is 11.5 Å². The highest BCUT2D eigenvalue weighted by Crippen LogP contribution is 2.20. The van der Waals surface area contributed by atoms with Gasteiger partial charge in [0.15, 0.2) is 0 Å². The lowest BCUT2D eigenvalue weighted by Crippen LogP contribution is -2.40. The van der Waals surface area contributed by atoms with Gasteiger partial charge in [-0.2, -0.15) is 4.31 Å². The molecule has 120 valence electrons. The monoisotopic (exact) mass is 315 g/mol. The maximum absolute atomic E-state index is 12.7. The van der Waals surface area contributed by atoms with Gasteiger partial charge in [0.2, 0.25) is 10.0 Å². The van der Waals surface area contributed by atoms with Crippen LogP contribution in [0.1, 0.15) is 27.2 Å². The predicted molar refractivity (Wildman–Crippen MR) is 83.9 cm³/mol. The van der Waals surface area contributed by atoms with Gasteiger partial charge >= 0.3 is 0 Å². The molecule has 0 saturated heterocycles. The predicted octanol–water partition coefficient (Wildman–Crippen LogP) is 1.95. The molecule has 0 saturated carbocycles. The van der Waals surface area contributed by atoms with Crippen molar-refractivity contribution in [2.24, 2.45) is 0 Å². The summed E-state index contributed by atoms with van der Waals surface area (Å²) in [6, 6.07) is 2.88. The van der Waals surface area contributed by atoms with Crippen LogP contribution in [0.15, 0.2) is 23.2 Å². The van der Waals surface area contributed by atoms with Gasteiger partial charge in [0.1, 0.15) is 5.82 Å². The fraction of sp³-hybridized carbons (Fsp3) is 0.643. The van der Waals surface area contributed by atoms with Gasteiger partial charge in [0, 0.05) is 38.5 Å². The third kappa shape index (κ3) is 4.66. The summed E-state index contributed by atoms with van der Waals surface area (Å²) < 4.78 is 31.9. The number of hydrogen-bond donors (Lipinski definition) is 1. The van der Waals surface area contributed by atoms with E-state index < -0.39 is 10.0 Å². The van der Waals surface area contributed by atoms with Crippen LogP contribution in [0.25, 0.3) is 0 Å². The summed E-state index contributed by atoms with van der Waals surface area (Å²) in [4.78, 5) is 4.39. The van der Waals surface area contributed by atoms with E-state index in [-0.39, 0.29) is 10.9 Å². The van der Waals surface area contributed by atoms with Gasteiger partial charge in [-0.25, -0.2) is 13.4 Å². The second kappa shape index (κ2) is 8.31. The summed E-state index contributed by atoms with van der Waals surface area (Å²) in [6.07, 6.45) is 2.46. The Bertz CT molecular complexity index is 534. The molecule has 0 amide bonds. The lowest BCUT2D eigenvalue weighted by molar-refractivity contribution is 0.142. The number of likely N-dealkylation sites (N-methyl/N-ethyl adjacent to an activating group) is 1. The van der Waals surface area contributed by atoms with Crippen molar-refractivity contribution in [1.29, 1.82) is 0 Å². The molecule has 1 aromatic rings. The van der Waals surface area contributed by atoms with Gasteiger partial charge in [-0.3, -0.25) is 0 Å². The summed E-state index contributed by atoms with van der Waals surface area (Å²) in [7, 11) is -1.98. The van der Waals surface area contributed by atoms with Gasteiger partial charge in [-0.15, -0.1) is 0 Å². The standard InChI is InChI=1S/C14H25N3O3S/c1-5-8-15-14-10-13(7-9-16-14)21(18,19)17(6-2)12(3)11-20-4/h7,9-10,12H,5-6,8,11H2,1-4H3,(H,15,16). The van der Waals surface area contributed by atoms with Crippen molar-refractivity contribution < 1.29 is 13.2 Å². The summed E-state index contributed by atoms with van der Waals surface area (Å²) in [6.45, 7) is 7.21. The highest BCUT2D eigenvalue weighted by atomic mass is 32.2. The van der Waals surface area contributed by atoms with Gasteiger partial charge in [-0.1, -0.05) is 13.8 Å². The van der Waals surface area contributed by atoms with Gasteiger partial charge < -0.3 is 10.1 Å². The third-order valence-corrected chi connectivity index (χ3v) is 5.19. The minimum Gasteiger partial charge on any atom is -0.383 e. The summed E-state index contributed by atoms with van der Waals surface area (Å²) >= 11 is 0. The van der Waals surface area contributed by atoms with E-state index in [2.05, 4.69) is 10.3 Å². The van der Waals surface area contributed by atoms with Crippen LogP contribution in [0.2, 0.25) is 0 Å². The van der Waals surface area contributed by atoms with E-state index in [9.17, 15) is 8.42 Å². The van der Waals surface area contributed by atoms with E-state index in [1.54, 1.807) is 13.2 Å². The Labute approximate surface area is 127 Å². The van der Waals surface area contributed by atoms with E-state index >= 15 is 0 Å². The van der Waals surface area contributed by atoms with E-state index in [1.807, 2.05) is 20.8 Å². The molecular weight excluding hydrogens is 290 g/mol. The number of pyridine rings is 1. The zero-order valence-electron chi connectivity index (χ0n) is 13.2. The lowest BCUT2D eigenvalue weighted by Gasteiger charge is -2.26. The fourth-order valence-electron chi connectivity index (χ4n) is 2.10. The molecule has 0 aliphatic carbocycles. The molecule has 7 heteroatoms. The van der Waals surface area contributed by atoms with Crippen molar-refractivity contribution in [2.75, 3.05) is 32.1 Å². The molecular formula is C14H25N3O3S. The number of rotatable bonds is 9.